The van der Waals surface area contributed by atoms with Crippen molar-refractivity contribution in [1.29, 1.82) is 0 Å². The zero-order valence-corrected chi connectivity index (χ0v) is 14.3. The number of anilines is 1. The van der Waals surface area contributed by atoms with Crippen LogP contribution in [0.5, 0.6) is 5.75 Å². The fourth-order valence-electron chi connectivity index (χ4n) is 2.69. The Balaban J connectivity index is 1.47. The van der Waals surface area contributed by atoms with Gasteiger partial charge in [0.1, 0.15) is 5.75 Å². The van der Waals surface area contributed by atoms with E-state index >= 15 is 0 Å². The number of hydrogen-bond donors (Lipinski definition) is 1. The summed E-state index contributed by atoms with van der Waals surface area (Å²) in [6, 6.07) is 23.9. The average molecular weight is 334 g/mol. The highest BCUT2D eigenvalue weighted by atomic mass is 16.5. The molecule has 0 heterocycles. The first-order chi connectivity index (χ1) is 12.2. The molecular weight excluding hydrogens is 312 g/mol. The van der Waals surface area contributed by atoms with Crippen LogP contribution in [0.4, 0.5) is 5.69 Å². The number of amides is 1. The molecule has 25 heavy (non-hydrogen) atoms. The van der Waals surface area contributed by atoms with Crippen molar-refractivity contribution in [3.63, 3.8) is 0 Å². The molecule has 0 aliphatic rings. The fraction of sp³-hybridized carbons (Fsp3) is 0.190. The monoisotopic (exact) mass is 334 g/mol. The van der Waals surface area contributed by atoms with Crippen LogP contribution in [0.1, 0.15) is 0 Å². The van der Waals surface area contributed by atoms with Gasteiger partial charge in [0.2, 0.25) is 0 Å². The second kappa shape index (κ2) is 8.20. The molecule has 1 N–H and O–H groups in total. The van der Waals surface area contributed by atoms with Crippen LogP contribution in [-0.4, -0.2) is 32.7 Å². The standard InChI is InChI=1S/C21H22N2O2/c1-23(18-10-3-2-4-11-18)15-14-22-21(24)16-25-20-13-7-9-17-8-5-6-12-19(17)20/h2-13H,14-16H2,1H3,(H,22,24). The molecule has 3 aromatic rings. The van der Waals surface area contributed by atoms with Crippen LogP contribution >= 0.6 is 0 Å². The molecule has 0 atom stereocenters. The van der Waals surface area contributed by atoms with Crippen LogP contribution in [0, 0.1) is 0 Å². The van der Waals surface area contributed by atoms with E-state index in [1.807, 2.05) is 79.8 Å². The Morgan fingerprint density at radius 1 is 0.960 bits per heavy atom. The summed E-state index contributed by atoms with van der Waals surface area (Å²) >= 11 is 0. The summed E-state index contributed by atoms with van der Waals surface area (Å²) in [6.07, 6.45) is 0. The topological polar surface area (TPSA) is 41.6 Å². The predicted octanol–water partition coefficient (Wildman–Crippen LogP) is 3.47. The minimum absolute atomic E-state index is 0.0169. The van der Waals surface area contributed by atoms with E-state index in [1.165, 1.54) is 0 Å². The summed E-state index contributed by atoms with van der Waals surface area (Å²) in [5.41, 5.74) is 1.13. The van der Waals surface area contributed by atoms with Crippen molar-refractivity contribution >= 4 is 22.4 Å². The fourth-order valence-corrected chi connectivity index (χ4v) is 2.69. The normalized spacial score (nSPS) is 10.4. The van der Waals surface area contributed by atoms with Crippen LogP contribution in [0.2, 0.25) is 0 Å². The molecule has 4 heteroatoms. The molecule has 0 bridgehead atoms. The van der Waals surface area contributed by atoms with Gasteiger partial charge in [-0.05, 0) is 23.6 Å². The first-order valence-electron chi connectivity index (χ1n) is 8.37. The highest BCUT2D eigenvalue weighted by molar-refractivity contribution is 5.88. The number of carbonyl (C=O) groups excluding carboxylic acids is 1. The highest BCUT2D eigenvalue weighted by Gasteiger charge is 2.06. The van der Waals surface area contributed by atoms with Gasteiger partial charge in [0.05, 0.1) is 0 Å². The first-order valence-corrected chi connectivity index (χ1v) is 8.37. The van der Waals surface area contributed by atoms with Gasteiger partial charge in [-0.1, -0.05) is 54.6 Å². The maximum atomic E-state index is 12.0. The maximum Gasteiger partial charge on any atom is 0.258 e. The predicted molar refractivity (Wildman–Crippen MR) is 102 cm³/mol. The lowest BCUT2D eigenvalue weighted by Gasteiger charge is -2.19. The lowest BCUT2D eigenvalue weighted by atomic mass is 10.1. The maximum absolute atomic E-state index is 12.0. The molecule has 0 aliphatic carbocycles. The molecule has 4 nitrogen and oxygen atoms in total. The Kier molecular flexibility index (Phi) is 5.52. The highest BCUT2D eigenvalue weighted by Crippen LogP contribution is 2.24. The lowest BCUT2D eigenvalue weighted by molar-refractivity contribution is -0.122. The molecule has 0 saturated heterocycles. The molecule has 1 amide bonds. The molecule has 0 unspecified atom stereocenters. The number of ether oxygens (including phenoxy) is 1. The van der Waals surface area contributed by atoms with Gasteiger partial charge in [-0.25, -0.2) is 0 Å². The minimum Gasteiger partial charge on any atom is -0.483 e. The van der Waals surface area contributed by atoms with Crippen molar-refractivity contribution in [2.24, 2.45) is 0 Å². The molecule has 3 aromatic carbocycles. The number of fused-ring (bicyclic) bond motifs is 1. The van der Waals surface area contributed by atoms with E-state index in [9.17, 15) is 4.79 Å². The van der Waals surface area contributed by atoms with Gasteiger partial charge in [0, 0.05) is 31.2 Å². The summed E-state index contributed by atoms with van der Waals surface area (Å²) < 4.78 is 5.70. The van der Waals surface area contributed by atoms with Gasteiger partial charge >= 0.3 is 0 Å². The molecule has 128 valence electrons. The third kappa shape index (κ3) is 4.51. The zero-order chi connectivity index (χ0) is 17.5. The van der Waals surface area contributed by atoms with E-state index in [4.69, 9.17) is 4.74 Å². The van der Waals surface area contributed by atoms with Crippen molar-refractivity contribution in [1.82, 2.24) is 5.32 Å². The van der Waals surface area contributed by atoms with E-state index in [1.54, 1.807) is 0 Å². The van der Waals surface area contributed by atoms with E-state index in [-0.39, 0.29) is 12.5 Å². The van der Waals surface area contributed by atoms with Crippen LogP contribution in [-0.2, 0) is 4.79 Å². The number of carbonyl (C=O) groups is 1. The van der Waals surface area contributed by atoms with Gasteiger partial charge in [-0.3, -0.25) is 4.79 Å². The molecule has 0 fully saturated rings. The molecule has 0 radical (unpaired) electrons. The zero-order valence-electron chi connectivity index (χ0n) is 14.3. The molecule has 3 rings (SSSR count). The van der Waals surface area contributed by atoms with Crippen molar-refractivity contribution in [2.75, 3.05) is 31.6 Å². The van der Waals surface area contributed by atoms with Gasteiger partial charge < -0.3 is 15.0 Å². The number of likely N-dealkylation sites (N-methyl/N-ethyl adjacent to an activating group) is 1. The van der Waals surface area contributed by atoms with Crippen LogP contribution < -0.4 is 15.0 Å². The van der Waals surface area contributed by atoms with Crippen molar-refractivity contribution in [3.05, 3.63) is 72.8 Å². The molecule has 0 saturated carbocycles. The van der Waals surface area contributed by atoms with Gasteiger partial charge in [-0.2, -0.15) is 0 Å². The Morgan fingerprint density at radius 2 is 1.68 bits per heavy atom. The summed E-state index contributed by atoms with van der Waals surface area (Å²) in [5, 5.41) is 5.01. The van der Waals surface area contributed by atoms with Crippen molar-refractivity contribution in [3.8, 4) is 5.75 Å². The second-order valence-corrected chi connectivity index (χ2v) is 5.87. The number of rotatable bonds is 7. The van der Waals surface area contributed by atoms with E-state index < -0.39 is 0 Å². The average Bonchev–Trinajstić information content (AvgIpc) is 2.67. The van der Waals surface area contributed by atoms with Crippen LogP contribution in [0.25, 0.3) is 10.8 Å². The third-order valence-corrected chi connectivity index (χ3v) is 4.07. The Bertz CT molecular complexity index is 828. The molecule has 0 spiro atoms. The van der Waals surface area contributed by atoms with E-state index in [0.717, 1.165) is 28.8 Å². The summed E-state index contributed by atoms with van der Waals surface area (Å²) in [7, 11) is 2.01. The smallest absolute Gasteiger partial charge is 0.258 e. The van der Waals surface area contributed by atoms with Crippen LogP contribution in [0.3, 0.4) is 0 Å². The van der Waals surface area contributed by atoms with Gasteiger partial charge in [-0.15, -0.1) is 0 Å². The van der Waals surface area contributed by atoms with Crippen molar-refractivity contribution < 1.29 is 9.53 Å². The number of nitrogens with zero attached hydrogens (tertiary/aromatic N) is 1. The Labute approximate surface area is 148 Å². The first kappa shape index (κ1) is 16.8. The summed E-state index contributed by atoms with van der Waals surface area (Å²) in [5.74, 6) is 0.615. The van der Waals surface area contributed by atoms with E-state index in [0.29, 0.717) is 6.54 Å². The Hall–Kier alpha value is -3.01. The van der Waals surface area contributed by atoms with Crippen LogP contribution in [0.15, 0.2) is 72.8 Å². The van der Waals surface area contributed by atoms with Gasteiger partial charge in [0.15, 0.2) is 6.61 Å². The molecular formula is C21H22N2O2. The minimum atomic E-state index is -0.116. The summed E-state index contributed by atoms with van der Waals surface area (Å²) in [6.45, 7) is 1.33. The molecule has 0 aliphatic heterocycles. The summed E-state index contributed by atoms with van der Waals surface area (Å²) in [4.78, 5) is 14.1. The lowest BCUT2D eigenvalue weighted by Crippen LogP contribution is -2.35. The second-order valence-electron chi connectivity index (χ2n) is 5.87. The Morgan fingerprint density at radius 3 is 2.52 bits per heavy atom. The third-order valence-electron chi connectivity index (χ3n) is 4.07. The number of hydrogen-bond acceptors (Lipinski definition) is 3. The van der Waals surface area contributed by atoms with Crippen molar-refractivity contribution in [2.45, 2.75) is 0 Å². The quantitative estimate of drug-likeness (QED) is 0.719. The van der Waals surface area contributed by atoms with Gasteiger partial charge in [0.25, 0.3) is 5.91 Å². The number of para-hydroxylation sites is 1. The number of nitrogens with one attached hydrogen (secondary N) is 1. The van der Waals surface area contributed by atoms with E-state index in [2.05, 4.69) is 10.2 Å². The largest absolute Gasteiger partial charge is 0.483 e. The molecule has 0 aromatic heterocycles. The SMILES string of the molecule is CN(CCNC(=O)COc1cccc2ccccc12)c1ccccc1. The number of benzene rings is 3.